The number of hydrogen-bond acceptors (Lipinski definition) is 3. The van der Waals surface area contributed by atoms with E-state index in [1.165, 1.54) is 0 Å². The predicted octanol–water partition coefficient (Wildman–Crippen LogP) is 2.18. The molecular formula is C11H14N4. The number of aryl methyl sites for hydroxylation is 3. The highest BCUT2D eigenvalue weighted by Gasteiger charge is 2.02. The first-order valence-corrected chi connectivity index (χ1v) is 4.85. The van der Waals surface area contributed by atoms with Crippen LogP contribution in [-0.2, 0) is 7.05 Å². The Morgan fingerprint density at radius 3 is 2.73 bits per heavy atom. The van der Waals surface area contributed by atoms with Gasteiger partial charge in [-0.2, -0.15) is 5.10 Å². The van der Waals surface area contributed by atoms with E-state index < -0.39 is 0 Å². The van der Waals surface area contributed by atoms with Crippen LogP contribution in [0.25, 0.3) is 0 Å². The highest BCUT2D eigenvalue weighted by molar-refractivity contribution is 5.60. The lowest BCUT2D eigenvalue weighted by atomic mass is 10.3. The first kappa shape index (κ1) is 9.71. The molecular weight excluding hydrogens is 188 g/mol. The number of pyridine rings is 1. The molecule has 2 heterocycles. The van der Waals surface area contributed by atoms with Gasteiger partial charge in [0.2, 0.25) is 0 Å². The number of nitrogens with zero attached hydrogens (tertiary/aromatic N) is 3. The zero-order chi connectivity index (χ0) is 10.8. The molecule has 0 saturated heterocycles. The van der Waals surface area contributed by atoms with Gasteiger partial charge in [-0.15, -0.1) is 0 Å². The van der Waals surface area contributed by atoms with E-state index in [0.29, 0.717) is 0 Å². The van der Waals surface area contributed by atoms with Crippen molar-refractivity contribution in [2.75, 3.05) is 5.32 Å². The third kappa shape index (κ3) is 2.15. The van der Waals surface area contributed by atoms with Crippen molar-refractivity contribution >= 4 is 11.4 Å². The summed E-state index contributed by atoms with van der Waals surface area (Å²) < 4.78 is 1.80. The summed E-state index contributed by atoms with van der Waals surface area (Å²) in [5.74, 6) is 0. The SMILES string of the molecule is Cc1cc(Nc2cn(C)nc2C)ccn1. The summed E-state index contributed by atoms with van der Waals surface area (Å²) in [6, 6.07) is 3.95. The molecule has 0 saturated carbocycles. The van der Waals surface area contributed by atoms with Crippen LogP contribution in [0.4, 0.5) is 11.4 Å². The van der Waals surface area contributed by atoms with Crippen molar-refractivity contribution in [3.63, 3.8) is 0 Å². The highest BCUT2D eigenvalue weighted by atomic mass is 15.3. The monoisotopic (exact) mass is 202 g/mol. The van der Waals surface area contributed by atoms with Gasteiger partial charge in [0.25, 0.3) is 0 Å². The van der Waals surface area contributed by atoms with Gasteiger partial charge in [0.05, 0.1) is 11.4 Å². The Labute approximate surface area is 89.0 Å². The average Bonchev–Trinajstić information content (AvgIpc) is 2.45. The van der Waals surface area contributed by atoms with E-state index in [1.54, 1.807) is 10.9 Å². The van der Waals surface area contributed by atoms with Gasteiger partial charge in [-0.3, -0.25) is 9.67 Å². The smallest absolute Gasteiger partial charge is 0.0828 e. The molecule has 0 amide bonds. The van der Waals surface area contributed by atoms with Gasteiger partial charge in [0.1, 0.15) is 0 Å². The van der Waals surface area contributed by atoms with E-state index in [2.05, 4.69) is 15.4 Å². The molecule has 2 aromatic heterocycles. The molecule has 0 aliphatic carbocycles. The molecule has 4 heteroatoms. The summed E-state index contributed by atoms with van der Waals surface area (Å²) in [5, 5.41) is 7.58. The Morgan fingerprint density at radius 1 is 1.33 bits per heavy atom. The lowest BCUT2D eigenvalue weighted by Crippen LogP contribution is -1.92. The fourth-order valence-corrected chi connectivity index (χ4v) is 1.50. The van der Waals surface area contributed by atoms with Crippen molar-refractivity contribution in [3.05, 3.63) is 35.9 Å². The van der Waals surface area contributed by atoms with Gasteiger partial charge < -0.3 is 5.32 Å². The Bertz CT molecular complexity index is 473. The van der Waals surface area contributed by atoms with Gasteiger partial charge in [-0.25, -0.2) is 0 Å². The molecule has 1 N–H and O–H groups in total. The molecule has 0 fully saturated rings. The van der Waals surface area contributed by atoms with Crippen molar-refractivity contribution in [2.45, 2.75) is 13.8 Å². The fourth-order valence-electron chi connectivity index (χ4n) is 1.50. The third-order valence-electron chi connectivity index (χ3n) is 2.19. The molecule has 2 rings (SSSR count). The number of nitrogens with one attached hydrogen (secondary N) is 1. The van der Waals surface area contributed by atoms with Crippen LogP contribution in [0.5, 0.6) is 0 Å². The minimum Gasteiger partial charge on any atom is -0.353 e. The largest absolute Gasteiger partial charge is 0.353 e. The summed E-state index contributed by atoms with van der Waals surface area (Å²) in [6.45, 7) is 3.96. The van der Waals surface area contributed by atoms with Crippen molar-refractivity contribution < 1.29 is 0 Å². The van der Waals surface area contributed by atoms with Crippen LogP contribution < -0.4 is 5.32 Å². The summed E-state index contributed by atoms with van der Waals surface area (Å²) >= 11 is 0. The number of aromatic nitrogens is 3. The van der Waals surface area contributed by atoms with E-state index in [4.69, 9.17) is 0 Å². The van der Waals surface area contributed by atoms with Crippen LogP contribution in [0.2, 0.25) is 0 Å². The van der Waals surface area contributed by atoms with Crippen molar-refractivity contribution in [2.24, 2.45) is 7.05 Å². The molecule has 15 heavy (non-hydrogen) atoms. The number of anilines is 2. The Hall–Kier alpha value is -1.84. The highest BCUT2D eigenvalue weighted by Crippen LogP contribution is 2.18. The van der Waals surface area contributed by atoms with E-state index in [1.807, 2.05) is 39.2 Å². The van der Waals surface area contributed by atoms with E-state index in [-0.39, 0.29) is 0 Å². The summed E-state index contributed by atoms with van der Waals surface area (Å²) in [5.41, 5.74) is 4.07. The van der Waals surface area contributed by atoms with Crippen LogP contribution in [-0.4, -0.2) is 14.8 Å². The Morgan fingerprint density at radius 2 is 2.13 bits per heavy atom. The molecule has 2 aromatic rings. The van der Waals surface area contributed by atoms with E-state index in [0.717, 1.165) is 22.8 Å². The predicted molar refractivity (Wildman–Crippen MR) is 60.2 cm³/mol. The van der Waals surface area contributed by atoms with Crippen LogP contribution in [0, 0.1) is 13.8 Å². The summed E-state index contributed by atoms with van der Waals surface area (Å²) in [6.07, 6.45) is 3.76. The molecule has 0 aliphatic heterocycles. The fraction of sp³-hybridized carbons (Fsp3) is 0.273. The number of hydrogen-bond donors (Lipinski definition) is 1. The van der Waals surface area contributed by atoms with E-state index in [9.17, 15) is 0 Å². The van der Waals surface area contributed by atoms with Crippen molar-refractivity contribution in [1.82, 2.24) is 14.8 Å². The minimum atomic E-state index is 0.993. The van der Waals surface area contributed by atoms with Crippen LogP contribution in [0.3, 0.4) is 0 Å². The molecule has 0 bridgehead atoms. The molecule has 0 aromatic carbocycles. The standard InChI is InChI=1S/C11H14N4/c1-8-6-10(4-5-12-8)13-11-7-15(3)14-9(11)2/h4-7H,1-3H3,(H,12,13). The lowest BCUT2D eigenvalue weighted by Gasteiger charge is -2.04. The van der Waals surface area contributed by atoms with Gasteiger partial charge >= 0.3 is 0 Å². The summed E-state index contributed by atoms with van der Waals surface area (Å²) in [7, 11) is 1.91. The Kier molecular flexibility index (Phi) is 2.41. The first-order valence-electron chi connectivity index (χ1n) is 4.85. The van der Waals surface area contributed by atoms with Gasteiger partial charge in [-0.05, 0) is 26.0 Å². The molecule has 0 aliphatic rings. The second kappa shape index (κ2) is 3.73. The zero-order valence-corrected chi connectivity index (χ0v) is 9.15. The topological polar surface area (TPSA) is 42.7 Å². The second-order valence-corrected chi connectivity index (χ2v) is 3.61. The minimum absolute atomic E-state index is 0.993. The molecule has 0 unspecified atom stereocenters. The molecule has 0 radical (unpaired) electrons. The maximum absolute atomic E-state index is 4.27. The normalized spacial score (nSPS) is 10.3. The van der Waals surface area contributed by atoms with Crippen LogP contribution >= 0.6 is 0 Å². The first-order chi connectivity index (χ1) is 7.15. The maximum Gasteiger partial charge on any atom is 0.0828 e. The van der Waals surface area contributed by atoms with Crippen LogP contribution in [0.1, 0.15) is 11.4 Å². The van der Waals surface area contributed by atoms with E-state index >= 15 is 0 Å². The molecule has 4 nitrogen and oxygen atoms in total. The van der Waals surface area contributed by atoms with Crippen LogP contribution in [0.15, 0.2) is 24.5 Å². The maximum atomic E-state index is 4.27. The zero-order valence-electron chi connectivity index (χ0n) is 9.15. The summed E-state index contributed by atoms with van der Waals surface area (Å²) in [4.78, 5) is 4.15. The second-order valence-electron chi connectivity index (χ2n) is 3.61. The molecule has 0 spiro atoms. The number of rotatable bonds is 2. The van der Waals surface area contributed by atoms with Crippen molar-refractivity contribution in [3.8, 4) is 0 Å². The average molecular weight is 202 g/mol. The van der Waals surface area contributed by atoms with Gasteiger partial charge in [0.15, 0.2) is 0 Å². The molecule has 0 atom stereocenters. The lowest BCUT2D eigenvalue weighted by molar-refractivity contribution is 0.756. The Balaban J connectivity index is 2.25. The van der Waals surface area contributed by atoms with Gasteiger partial charge in [-0.1, -0.05) is 0 Å². The molecule has 78 valence electrons. The van der Waals surface area contributed by atoms with Gasteiger partial charge in [0, 0.05) is 30.8 Å². The quantitative estimate of drug-likeness (QED) is 0.811. The third-order valence-corrected chi connectivity index (χ3v) is 2.19. The van der Waals surface area contributed by atoms with Crippen molar-refractivity contribution in [1.29, 1.82) is 0 Å².